The molecular weight excluding hydrogens is 469 g/mol. The van der Waals surface area contributed by atoms with Crippen molar-refractivity contribution in [2.45, 2.75) is 84.0 Å². The van der Waals surface area contributed by atoms with E-state index in [-0.39, 0.29) is 11.7 Å². The van der Waals surface area contributed by atoms with Crippen molar-refractivity contribution in [3.05, 3.63) is 88.7 Å². The van der Waals surface area contributed by atoms with Gasteiger partial charge in [0.25, 0.3) is 0 Å². The number of ether oxygens (including phenoxy) is 1. The fourth-order valence-corrected chi connectivity index (χ4v) is 5.65. The Balaban J connectivity index is 1.31. The molecule has 0 saturated heterocycles. The van der Waals surface area contributed by atoms with Crippen molar-refractivity contribution in [3.8, 4) is 16.9 Å². The zero-order valence-electron chi connectivity index (χ0n) is 22.2. The van der Waals surface area contributed by atoms with Crippen molar-refractivity contribution in [3.63, 3.8) is 0 Å². The molecule has 1 fully saturated rings. The van der Waals surface area contributed by atoms with Crippen LogP contribution in [0.5, 0.6) is 5.75 Å². The van der Waals surface area contributed by atoms with Gasteiger partial charge >= 0.3 is 0 Å². The van der Waals surface area contributed by atoms with Gasteiger partial charge in [-0.05, 0) is 98.4 Å². The smallest absolute Gasteiger partial charge is 0.166 e. The van der Waals surface area contributed by atoms with Gasteiger partial charge in [0, 0.05) is 11.6 Å². The van der Waals surface area contributed by atoms with Gasteiger partial charge in [-0.15, -0.1) is 0 Å². The lowest BCUT2D eigenvalue weighted by atomic mass is 9.76. The van der Waals surface area contributed by atoms with E-state index in [9.17, 15) is 13.2 Å². The van der Waals surface area contributed by atoms with Gasteiger partial charge in [-0.25, -0.2) is 13.2 Å². The van der Waals surface area contributed by atoms with Gasteiger partial charge in [-0.3, -0.25) is 0 Å². The Hall–Kier alpha value is -2.75. The predicted molar refractivity (Wildman–Crippen MR) is 146 cm³/mol. The summed E-state index contributed by atoms with van der Waals surface area (Å²) in [5.41, 5.74) is 3.47. The van der Waals surface area contributed by atoms with E-state index in [1.807, 2.05) is 43.3 Å². The molecule has 1 nitrogen and oxygen atoms in total. The molecule has 0 aromatic heterocycles. The second-order valence-electron chi connectivity index (χ2n) is 10.4. The Labute approximate surface area is 220 Å². The fraction of sp³-hybridized carbons (Fsp3) is 0.455. The van der Waals surface area contributed by atoms with Crippen LogP contribution in [0.25, 0.3) is 11.1 Å². The number of halogens is 3. The second-order valence-corrected chi connectivity index (χ2v) is 10.4. The van der Waals surface area contributed by atoms with Crippen LogP contribution < -0.4 is 4.74 Å². The first-order valence-electron chi connectivity index (χ1n) is 14.0. The van der Waals surface area contributed by atoms with Crippen LogP contribution in [0, 0.1) is 23.4 Å². The number of hydrogen-bond acceptors (Lipinski definition) is 1. The molecule has 0 bridgehead atoms. The third-order valence-electron chi connectivity index (χ3n) is 7.89. The van der Waals surface area contributed by atoms with Crippen molar-refractivity contribution < 1.29 is 17.9 Å². The summed E-state index contributed by atoms with van der Waals surface area (Å²) >= 11 is 0. The molecule has 0 N–H and O–H groups in total. The number of unbranched alkanes of at least 4 members (excludes halogenated alkanes) is 2. The summed E-state index contributed by atoms with van der Waals surface area (Å²) in [4.78, 5) is 0. The molecule has 0 spiro atoms. The van der Waals surface area contributed by atoms with E-state index in [2.05, 4.69) is 6.92 Å². The fourth-order valence-electron chi connectivity index (χ4n) is 5.65. The Morgan fingerprint density at radius 1 is 0.784 bits per heavy atom. The molecule has 0 amide bonds. The van der Waals surface area contributed by atoms with Gasteiger partial charge in [-0.1, -0.05) is 62.2 Å². The van der Waals surface area contributed by atoms with Gasteiger partial charge in [0.2, 0.25) is 0 Å². The maximum Gasteiger partial charge on any atom is 0.166 e. The highest BCUT2D eigenvalue weighted by atomic mass is 19.2. The summed E-state index contributed by atoms with van der Waals surface area (Å²) in [6.07, 6.45) is 9.67. The minimum atomic E-state index is -0.758. The number of aryl methyl sites for hydroxylation is 2. The van der Waals surface area contributed by atoms with Gasteiger partial charge in [0.15, 0.2) is 11.6 Å². The average Bonchev–Trinajstić information content (AvgIpc) is 2.91. The highest BCUT2D eigenvalue weighted by Gasteiger charge is 2.25. The van der Waals surface area contributed by atoms with Gasteiger partial charge in [-0.2, -0.15) is 0 Å². The monoisotopic (exact) mass is 508 g/mol. The highest BCUT2D eigenvalue weighted by Crippen LogP contribution is 2.39. The first-order chi connectivity index (χ1) is 18.0. The van der Waals surface area contributed by atoms with Crippen molar-refractivity contribution in [2.75, 3.05) is 6.61 Å². The highest BCUT2D eigenvalue weighted by molar-refractivity contribution is 5.65. The molecule has 1 saturated carbocycles. The summed E-state index contributed by atoms with van der Waals surface area (Å²) in [6, 6.07) is 16.5. The van der Waals surface area contributed by atoms with E-state index in [0.717, 1.165) is 50.5 Å². The summed E-state index contributed by atoms with van der Waals surface area (Å²) < 4.78 is 50.0. The van der Waals surface area contributed by atoms with E-state index < -0.39 is 11.6 Å². The molecule has 0 unspecified atom stereocenters. The van der Waals surface area contributed by atoms with Crippen LogP contribution in [0.3, 0.4) is 0 Å². The van der Waals surface area contributed by atoms with E-state index in [1.165, 1.54) is 24.5 Å². The molecule has 0 heterocycles. The van der Waals surface area contributed by atoms with Crippen molar-refractivity contribution in [2.24, 2.45) is 5.92 Å². The number of hydrogen-bond donors (Lipinski definition) is 0. The summed E-state index contributed by atoms with van der Waals surface area (Å²) in [5.74, 6) is -0.460. The van der Waals surface area contributed by atoms with E-state index in [0.29, 0.717) is 41.4 Å². The minimum Gasteiger partial charge on any atom is -0.494 e. The van der Waals surface area contributed by atoms with Crippen LogP contribution in [-0.2, 0) is 12.8 Å². The van der Waals surface area contributed by atoms with Gasteiger partial charge < -0.3 is 4.74 Å². The molecule has 1 aliphatic carbocycles. The topological polar surface area (TPSA) is 9.23 Å². The molecule has 3 aromatic carbocycles. The molecule has 0 atom stereocenters. The van der Waals surface area contributed by atoms with Crippen LogP contribution in [0.1, 0.15) is 87.8 Å². The number of rotatable bonds is 11. The third-order valence-corrected chi connectivity index (χ3v) is 7.89. The SMILES string of the molecule is CCCCCc1ccc(-c2ccc(CCC3CCC(c4ccc(OCC)cc4F)CC3)c(F)c2F)cc1. The summed E-state index contributed by atoms with van der Waals surface area (Å²) in [6.45, 7) is 4.58. The first-order valence-corrected chi connectivity index (χ1v) is 14.0. The summed E-state index contributed by atoms with van der Waals surface area (Å²) in [5, 5.41) is 0. The van der Waals surface area contributed by atoms with Crippen LogP contribution in [0.4, 0.5) is 13.2 Å². The Bertz CT molecular complexity index is 1150. The quantitative estimate of drug-likeness (QED) is 0.234. The Morgan fingerprint density at radius 3 is 2.22 bits per heavy atom. The molecular formula is C33H39F3O. The minimum absolute atomic E-state index is 0.196. The molecule has 4 rings (SSSR count). The van der Waals surface area contributed by atoms with Gasteiger partial charge in [0.05, 0.1) is 6.61 Å². The molecule has 3 aromatic rings. The Morgan fingerprint density at radius 2 is 1.54 bits per heavy atom. The maximum absolute atomic E-state index is 15.0. The second kappa shape index (κ2) is 13.2. The maximum atomic E-state index is 15.0. The van der Waals surface area contributed by atoms with Crippen LogP contribution >= 0.6 is 0 Å². The van der Waals surface area contributed by atoms with E-state index in [4.69, 9.17) is 4.74 Å². The van der Waals surface area contributed by atoms with Crippen molar-refractivity contribution >= 4 is 0 Å². The number of benzene rings is 3. The zero-order chi connectivity index (χ0) is 26.2. The molecule has 0 radical (unpaired) electrons. The van der Waals surface area contributed by atoms with Gasteiger partial charge in [0.1, 0.15) is 11.6 Å². The standard InChI is InChI=1S/C33H39F3O/c1-3-5-6-7-23-8-15-26(16-9-23)30-20-18-27(32(35)33(30)36)17-12-24-10-13-25(14-11-24)29-21-19-28(37-4-2)22-31(29)34/h8-9,15-16,18-22,24-25H,3-7,10-14,17H2,1-2H3. The third kappa shape index (κ3) is 6.97. The lowest BCUT2D eigenvalue weighted by Gasteiger charge is -2.29. The normalized spacial score (nSPS) is 17.6. The molecule has 4 heteroatoms. The molecule has 0 aliphatic heterocycles. The Kier molecular flexibility index (Phi) is 9.71. The zero-order valence-corrected chi connectivity index (χ0v) is 22.2. The average molecular weight is 509 g/mol. The first kappa shape index (κ1) is 27.3. The lowest BCUT2D eigenvalue weighted by molar-refractivity contribution is 0.304. The van der Waals surface area contributed by atoms with E-state index >= 15 is 0 Å². The molecule has 198 valence electrons. The molecule has 1 aliphatic rings. The van der Waals surface area contributed by atoms with Crippen molar-refractivity contribution in [1.82, 2.24) is 0 Å². The van der Waals surface area contributed by atoms with Crippen molar-refractivity contribution in [1.29, 1.82) is 0 Å². The van der Waals surface area contributed by atoms with Crippen LogP contribution in [-0.4, -0.2) is 6.61 Å². The van der Waals surface area contributed by atoms with Crippen LogP contribution in [0.15, 0.2) is 54.6 Å². The molecule has 37 heavy (non-hydrogen) atoms. The summed E-state index contributed by atoms with van der Waals surface area (Å²) in [7, 11) is 0. The largest absolute Gasteiger partial charge is 0.494 e. The van der Waals surface area contributed by atoms with Crippen LogP contribution in [0.2, 0.25) is 0 Å². The van der Waals surface area contributed by atoms with E-state index in [1.54, 1.807) is 12.1 Å². The predicted octanol–water partition coefficient (Wildman–Crippen LogP) is 9.81. The lowest BCUT2D eigenvalue weighted by Crippen LogP contribution is -2.15.